The van der Waals surface area contributed by atoms with E-state index in [9.17, 15) is 4.79 Å². The molecule has 1 aromatic carbocycles. The lowest BCUT2D eigenvalue weighted by Gasteiger charge is -2.34. The standard InChI is InChI=1S/C20H26N2O5/c1-12(2)14-10-27-20-4-5-21(17(20)8-18(23)22(14)20)9-13-6-15(24-3)19-16(7-13)25-11-26-19/h6-7,12,14,17H,4-5,8-11H2,1-3H3/t14-,17+,20-/m0/s1. The van der Waals surface area contributed by atoms with Crippen molar-refractivity contribution in [2.75, 3.05) is 27.1 Å². The van der Waals surface area contributed by atoms with Crippen molar-refractivity contribution in [2.45, 2.75) is 51.0 Å². The van der Waals surface area contributed by atoms with E-state index in [1.807, 2.05) is 12.1 Å². The number of benzene rings is 1. The molecule has 4 heterocycles. The van der Waals surface area contributed by atoms with Crippen LogP contribution in [-0.4, -0.2) is 60.6 Å². The Morgan fingerprint density at radius 2 is 2.19 bits per heavy atom. The monoisotopic (exact) mass is 374 g/mol. The van der Waals surface area contributed by atoms with Gasteiger partial charge in [-0.15, -0.1) is 0 Å². The molecule has 0 bridgehead atoms. The number of fused-ring (bicyclic) bond motifs is 1. The molecule has 0 N–H and O–H groups in total. The van der Waals surface area contributed by atoms with Gasteiger partial charge in [0, 0.05) is 25.9 Å². The van der Waals surface area contributed by atoms with Gasteiger partial charge >= 0.3 is 0 Å². The fourth-order valence-electron chi connectivity index (χ4n) is 5.15. The minimum Gasteiger partial charge on any atom is -0.493 e. The second-order valence-corrected chi connectivity index (χ2v) is 8.20. The highest BCUT2D eigenvalue weighted by Crippen LogP contribution is 2.49. The molecule has 1 amide bonds. The smallest absolute Gasteiger partial charge is 0.231 e. The first kappa shape index (κ1) is 17.1. The van der Waals surface area contributed by atoms with Crippen molar-refractivity contribution in [3.63, 3.8) is 0 Å². The molecule has 5 rings (SSSR count). The van der Waals surface area contributed by atoms with Gasteiger partial charge in [0.2, 0.25) is 18.4 Å². The summed E-state index contributed by atoms with van der Waals surface area (Å²) in [5, 5.41) is 0. The molecule has 146 valence electrons. The molecule has 0 aromatic heterocycles. The SMILES string of the molecule is COc1cc(CN2CC[C@@]34OC[C@@H](C(C)C)N3C(=O)C[C@@H]24)cc2c1OCO2. The van der Waals surface area contributed by atoms with Crippen LogP contribution >= 0.6 is 0 Å². The lowest BCUT2D eigenvalue weighted by Crippen LogP contribution is -2.50. The maximum Gasteiger partial charge on any atom is 0.231 e. The fourth-order valence-corrected chi connectivity index (χ4v) is 5.15. The summed E-state index contributed by atoms with van der Waals surface area (Å²) in [5.41, 5.74) is 0.657. The highest BCUT2D eigenvalue weighted by molar-refractivity contribution is 5.82. The molecule has 3 saturated heterocycles. The van der Waals surface area contributed by atoms with Gasteiger partial charge in [-0.1, -0.05) is 13.8 Å². The van der Waals surface area contributed by atoms with E-state index in [2.05, 4.69) is 23.6 Å². The van der Waals surface area contributed by atoms with Gasteiger partial charge < -0.3 is 23.8 Å². The van der Waals surface area contributed by atoms with Crippen molar-refractivity contribution in [2.24, 2.45) is 5.92 Å². The van der Waals surface area contributed by atoms with Gasteiger partial charge in [0.25, 0.3) is 0 Å². The number of likely N-dealkylation sites (tertiary alicyclic amines) is 1. The highest BCUT2D eigenvalue weighted by atomic mass is 16.7. The molecule has 3 atom stereocenters. The topological polar surface area (TPSA) is 60.5 Å². The Kier molecular flexibility index (Phi) is 3.81. The largest absolute Gasteiger partial charge is 0.493 e. The Labute approximate surface area is 159 Å². The number of hydrogen-bond donors (Lipinski definition) is 0. The average molecular weight is 374 g/mol. The third-order valence-corrected chi connectivity index (χ3v) is 6.47. The van der Waals surface area contributed by atoms with Gasteiger partial charge in [0.05, 0.1) is 25.8 Å². The van der Waals surface area contributed by atoms with E-state index in [1.165, 1.54) is 0 Å². The number of carbonyl (C=O) groups excluding carboxylic acids is 1. The predicted molar refractivity (Wildman–Crippen MR) is 96.7 cm³/mol. The van der Waals surface area contributed by atoms with E-state index in [0.29, 0.717) is 30.4 Å². The molecular weight excluding hydrogens is 348 g/mol. The maximum atomic E-state index is 12.8. The maximum absolute atomic E-state index is 12.8. The normalized spacial score (nSPS) is 31.7. The molecule has 4 aliphatic rings. The Balaban J connectivity index is 1.41. The molecule has 1 aromatic rings. The summed E-state index contributed by atoms with van der Waals surface area (Å²) in [6.45, 7) is 6.84. The summed E-state index contributed by atoms with van der Waals surface area (Å²) in [7, 11) is 1.64. The number of amides is 1. The van der Waals surface area contributed by atoms with E-state index in [0.717, 1.165) is 30.8 Å². The fraction of sp³-hybridized carbons (Fsp3) is 0.650. The van der Waals surface area contributed by atoms with Crippen molar-refractivity contribution in [1.82, 2.24) is 9.80 Å². The number of ether oxygens (including phenoxy) is 4. The zero-order valence-corrected chi connectivity index (χ0v) is 16.1. The van der Waals surface area contributed by atoms with Crippen LogP contribution in [0.1, 0.15) is 32.3 Å². The van der Waals surface area contributed by atoms with Crippen molar-refractivity contribution in [1.29, 1.82) is 0 Å². The first-order chi connectivity index (χ1) is 13.0. The van der Waals surface area contributed by atoms with Crippen molar-refractivity contribution in [3.05, 3.63) is 17.7 Å². The quantitative estimate of drug-likeness (QED) is 0.803. The molecule has 4 aliphatic heterocycles. The van der Waals surface area contributed by atoms with E-state index < -0.39 is 5.72 Å². The van der Waals surface area contributed by atoms with Crippen LogP contribution in [0, 0.1) is 5.92 Å². The Bertz CT molecular complexity index is 782. The third kappa shape index (κ3) is 2.37. The van der Waals surface area contributed by atoms with Gasteiger partial charge in [0.15, 0.2) is 17.2 Å². The molecule has 7 heteroatoms. The molecular formula is C20H26N2O5. The minimum atomic E-state index is -0.438. The molecule has 0 saturated carbocycles. The second-order valence-electron chi connectivity index (χ2n) is 8.20. The first-order valence-electron chi connectivity index (χ1n) is 9.70. The number of hydrogen-bond acceptors (Lipinski definition) is 6. The number of rotatable bonds is 4. The van der Waals surface area contributed by atoms with Crippen molar-refractivity contribution in [3.8, 4) is 17.2 Å². The average Bonchev–Trinajstić information content (AvgIpc) is 3.37. The van der Waals surface area contributed by atoms with Crippen LogP contribution < -0.4 is 14.2 Å². The zero-order valence-electron chi connectivity index (χ0n) is 16.1. The summed E-state index contributed by atoms with van der Waals surface area (Å²) in [5.74, 6) is 2.71. The second kappa shape index (κ2) is 6.01. The third-order valence-electron chi connectivity index (χ3n) is 6.47. The van der Waals surface area contributed by atoms with Crippen LogP contribution in [0.25, 0.3) is 0 Å². The number of methoxy groups -OCH3 is 1. The van der Waals surface area contributed by atoms with Gasteiger partial charge in [-0.25, -0.2) is 0 Å². The van der Waals surface area contributed by atoms with Gasteiger partial charge in [0.1, 0.15) is 0 Å². The van der Waals surface area contributed by atoms with Crippen molar-refractivity contribution < 1.29 is 23.7 Å². The summed E-state index contributed by atoms with van der Waals surface area (Å²) in [4.78, 5) is 17.2. The summed E-state index contributed by atoms with van der Waals surface area (Å²) in [6.07, 6.45) is 1.40. The van der Waals surface area contributed by atoms with Crippen LogP contribution in [0.4, 0.5) is 0 Å². The van der Waals surface area contributed by atoms with E-state index >= 15 is 0 Å². The number of nitrogens with zero attached hydrogens (tertiary/aromatic N) is 2. The van der Waals surface area contributed by atoms with Crippen LogP contribution in [0.3, 0.4) is 0 Å². The Morgan fingerprint density at radius 1 is 1.33 bits per heavy atom. The minimum absolute atomic E-state index is 0.102. The van der Waals surface area contributed by atoms with Gasteiger partial charge in [-0.05, 0) is 23.6 Å². The van der Waals surface area contributed by atoms with Crippen LogP contribution in [0.5, 0.6) is 17.2 Å². The van der Waals surface area contributed by atoms with Gasteiger partial charge in [-0.2, -0.15) is 0 Å². The summed E-state index contributed by atoms with van der Waals surface area (Å²) >= 11 is 0. The molecule has 27 heavy (non-hydrogen) atoms. The predicted octanol–water partition coefficient (Wildman–Crippen LogP) is 1.98. The van der Waals surface area contributed by atoms with E-state index in [1.54, 1.807) is 7.11 Å². The molecule has 1 spiro atoms. The first-order valence-corrected chi connectivity index (χ1v) is 9.70. The molecule has 0 radical (unpaired) electrons. The van der Waals surface area contributed by atoms with Crippen LogP contribution in [-0.2, 0) is 16.1 Å². The number of carbonyl (C=O) groups is 1. The summed E-state index contributed by atoms with van der Waals surface area (Å²) < 4.78 is 22.8. The molecule has 3 fully saturated rings. The van der Waals surface area contributed by atoms with Crippen molar-refractivity contribution >= 4 is 5.91 Å². The lowest BCUT2D eigenvalue weighted by atomic mass is 10.0. The Hall–Kier alpha value is -1.99. The van der Waals surface area contributed by atoms with E-state index in [4.69, 9.17) is 18.9 Å². The molecule has 7 nitrogen and oxygen atoms in total. The molecule has 0 unspecified atom stereocenters. The summed E-state index contributed by atoms with van der Waals surface area (Å²) in [6, 6.07) is 4.30. The molecule has 0 aliphatic carbocycles. The van der Waals surface area contributed by atoms with Crippen LogP contribution in [0.2, 0.25) is 0 Å². The van der Waals surface area contributed by atoms with E-state index in [-0.39, 0.29) is 24.8 Å². The highest BCUT2D eigenvalue weighted by Gasteiger charge is 2.64. The van der Waals surface area contributed by atoms with Gasteiger partial charge in [-0.3, -0.25) is 9.69 Å². The van der Waals surface area contributed by atoms with Crippen LogP contribution in [0.15, 0.2) is 12.1 Å². The zero-order chi connectivity index (χ0) is 18.8. The lowest BCUT2D eigenvalue weighted by molar-refractivity contribution is -0.139. The Morgan fingerprint density at radius 3 is 2.96 bits per heavy atom.